The van der Waals surface area contributed by atoms with Crippen LogP contribution in [0.4, 0.5) is 0 Å². The molecule has 0 radical (unpaired) electrons. The molecule has 0 aliphatic rings. The lowest BCUT2D eigenvalue weighted by molar-refractivity contribution is 0.456. The summed E-state index contributed by atoms with van der Waals surface area (Å²) < 4.78 is 6.19. The third-order valence-electron chi connectivity index (χ3n) is 1.74. The number of nitrogens with zero attached hydrogens (tertiary/aromatic N) is 2. The highest BCUT2D eigenvalue weighted by Crippen LogP contribution is 2.20. The molecule has 0 bridgehead atoms. The van der Waals surface area contributed by atoms with Crippen LogP contribution in [0.25, 0.3) is 0 Å². The molecule has 0 aromatic carbocycles. The van der Waals surface area contributed by atoms with Gasteiger partial charge in [0.2, 0.25) is 5.88 Å². The van der Waals surface area contributed by atoms with Crippen molar-refractivity contribution < 1.29 is 4.74 Å². The van der Waals surface area contributed by atoms with Crippen molar-refractivity contribution in [3.8, 4) is 11.6 Å². The first kappa shape index (κ1) is 10.8. The Kier molecular flexibility index (Phi) is 3.00. The van der Waals surface area contributed by atoms with Crippen LogP contribution in [-0.4, -0.2) is 15.0 Å². The fourth-order valence-corrected chi connectivity index (χ4v) is 1.52. The predicted octanol–water partition coefficient (Wildman–Crippen LogP) is 2.03. The van der Waals surface area contributed by atoms with Gasteiger partial charge in [0.1, 0.15) is 11.6 Å². The number of pyridine rings is 1. The smallest absolute Gasteiger partial charge is 0.254 e. The number of halogens is 1. The monoisotopic (exact) mass is 281 g/mol. The van der Waals surface area contributed by atoms with E-state index in [0.717, 1.165) is 4.47 Å². The summed E-state index contributed by atoms with van der Waals surface area (Å²) in [7, 11) is 0. The Morgan fingerprint density at radius 3 is 2.88 bits per heavy atom. The molecule has 0 fully saturated rings. The van der Waals surface area contributed by atoms with Crippen molar-refractivity contribution in [1.29, 1.82) is 0 Å². The molecule has 16 heavy (non-hydrogen) atoms. The summed E-state index contributed by atoms with van der Waals surface area (Å²) in [5, 5.41) is 0. The number of hydrogen-bond donors (Lipinski definition) is 1. The maximum Gasteiger partial charge on any atom is 0.254 e. The average molecular weight is 282 g/mol. The lowest BCUT2D eigenvalue weighted by Gasteiger charge is -2.04. The molecule has 0 atom stereocenters. The van der Waals surface area contributed by atoms with Crippen molar-refractivity contribution in [2.75, 3.05) is 0 Å². The minimum absolute atomic E-state index is 0.245. The molecule has 2 heterocycles. The van der Waals surface area contributed by atoms with E-state index in [1.807, 2.05) is 0 Å². The van der Waals surface area contributed by atoms with Crippen LogP contribution in [0.2, 0.25) is 0 Å². The first-order valence-electron chi connectivity index (χ1n) is 4.50. The van der Waals surface area contributed by atoms with Gasteiger partial charge in [-0.25, -0.2) is 4.98 Å². The number of aryl methyl sites for hydroxylation is 1. The molecule has 2 rings (SSSR count). The van der Waals surface area contributed by atoms with E-state index in [1.54, 1.807) is 25.4 Å². The first-order chi connectivity index (χ1) is 7.63. The van der Waals surface area contributed by atoms with E-state index >= 15 is 0 Å². The van der Waals surface area contributed by atoms with Gasteiger partial charge in [-0.1, -0.05) is 0 Å². The Morgan fingerprint density at radius 2 is 2.19 bits per heavy atom. The van der Waals surface area contributed by atoms with Gasteiger partial charge in [-0.05, 0) is 28.9 Å². The predicted molar refractivity (Wildman–Crippen MR) is 61.6 cm³/mol. The molecule has 2 aromatic heterocycles. The summed E-state index contributed by atoms with van der Waals surface area (Å²) in [6.45, 7) is 1.69. The summed E-state index contributed by atoms with van der Waals surface area (Å²) in [6.07, 6.45) is 3.19. The van der Waals surface area contributed by atoms with E-state index in [9.17, 15) is 4.79 Å². The van der Waals surface area contributed by atoms with Gasteiger partial charge in [-0.3, -0.25) is 9.78 Å². The SMILES string of the molecule is Cc1nc(Oc2cncc(Br)c2)cc(=O)[nH]1. The summed E-state index contributed by atoms with van der Waals surface area (Å²) >= 11 is 3.27. The summed E-state index contributed by atoms with van der Waals surface area (Å²) in [6, 6.07) is 3.03. The molecule has 0 aliphatic heterocycles. The summed E-state index contributed by atoms with van der Waals surface area (Å²) in [5.41, 5.74) is -0.245. The molecule has 5 nitrogen and oxygen atoms in total. The molecule has 1 N–H and O–H groups in total. The van der Waals surface area contributed by atoms with Crippen LogP contribution in [-0.2, 0) is 0 Å². The van der Waals surface area contributed by atoms with Crippen LogP contribution in [0, 0.1) is 6.92 Å². The van der Waals surface area contributed by atoms with Crippen LogP contribution in [0.5, 0.6) is 11.6 Å². The summed E-state index contributed by atoms with van der Waals surface area (Å²) in [5.74, 6) is 1.28. The van der Waals surface area contributed by atoms with E-state index in [-0.39, 0.29) is 11.4 Å². The van der Waals surface area contributed by atoms with Gasteiger partial charge >= 0.3 is 0 Å². The maximum atomic E-state index is 11.2. The second-order valence-corrected chi connectivity index (χ2v) is 4.03. The van der Waals surface area contributed by atoms with Gasteiger partial charge in [0.25, 0.3) is 5.56 Å². The van der Waals surface area contributed by atoms with Crippen LogP contribution in [0.15, 0.2) is 33.8 Å². The third-order valence-corrected chi connectivity index (χ3v) is 2.17. The van der Waals surface area contributed by atoms with E-state index < -0.39 is 0 Å². The molecule has 0 saturated heterocycles. The molecule has 2 aromatic rings. The minimum atomic E-state index is -0.245. The molecule has 0 amide bonds. The number of aromatic amines is 1. The Hall–Kier alpha value is -1.69. The number of nitrogens with one attached hydrogen (secondary N) is 1. The van der Waals surface area contributed by atoms with Gasteiger partial charge in [-0.15, -0.1) is 0 Å². The van der Waals surface area contributed by atoms with Gasteiger partial charge < -0.3 is 9.72 Å². The van der Waals surface area contributed by atoms with Crippen LogP contribution < -0.4 is 10.3 Å². The molecular weight excluding hydrogens is 274 g/mol. The first-order valence-corrected chi connectivity index (χ1v) is 5.29. The molecule has 0 unspecified atom stereocenters. The minimum Gasteiger partial charge on any atom is -0.437 e. The lowest BCUT2D eigenvalue weighted by Crippen LogP contribution is -2.08. The largest absolute Gasteiger partial charge is 0.437 e. The van der Waals surface area contributed by atoms with Crippen molar-refractivity contribution in [3.05, 3.63) is 45.2 Å². The van der Waals surface area contributed by atoms with Gasteiger partial charge in [0.05, 0.1) is 12.3 Å². The summed E-state index contributed by atoms with van der Waals surface area (Å²) in [4.78, 5) is 21.7. The highest BCUT2D eigenvalue weighted by molar-refractivity contribution is 9.10. The van der Waals surface area contributed by atoms with Crippen LogP contribution in [0.1, 0.15) is 5.82 Å². The quantitative estimate of drug-likeness (QED) is 0.915. The Morgan fingerprint density at radius 1 is 1.38 bits per heavy atom. The number of hydrogen-bond acceptors (Lipinski definition) is 4. The van der Waals surface area contributed by atoms with E-state index in [2.05, 4.69) is 30.9 Å². The Labute approximate surface area is 99.7 Å². The van der Waals surface area contributed by atoms with Crippen molar-refractivity contribution in [2.24, 2.45) is 0 Å². The van der Waals surface area contributed by atoms with Crippen LogP contribution >= 0.6 is 15.9 Å². The van der Waals surface area contributed by atoms with Gasteiger partial charge in [-0.2, -0.15) is 0 Å². The Balaban J connectivity index is 2.30. The van der Waals surface area contributed by atoms with E-state index in [0.29, 0.717) is 11.6 Å². The zero-order chi connectivity index (χ0) is 11.5. The molecule has 0 aliphatic carbocycles. The second kappa shape index (κ2) is 4.44. The zero-order valence-electron chi connectivity index (χ0n) is 8.40. The number of aromatic nitrogens is 3. The van der Waals surface area contributed by atoms with Crippen molar-refractivity contribution >= 4 is 15.9 Å². The lowest BCUT2D eigenvalue weighted by atomic mass is 10.4. The highest BCUT2D eigenvalue weighted by atomic mass is 79.9. The second-order valence-electron chi connectivity index (χ2n) is 3.11. The molecular formula is C10H8BrN3O2. The molecule has 0 saturated carbocycles. The number of rotatable bonds is 2. The molecule has 82 valence electrons. The average Bonchev–Trinajstić information content (AvgIpc) is 2.15. The maximum absolute atomic E-state index is 11.2. The van der Waals surface area contributed by atoms with Crippen LogP contribution in [0.3, 0.4) is 0 Å². The van der Waals surface area contributed by atoms with Gasteiger partial charge in [0, 0.05) is 10.7 Å². The van der Waals surface area contributed by atoms with E-state index in [4.69, 9.17) is 4.74 Å². The Bertz CT molecular complexity index is 568. The van der Waals surface area contributed by atoms with Crippen molar-refractivity contribution in [1.82, 2.24) is 15.0 Å². The normalized spacial score (nSPS) is 10.1. The van der Waals surface area contributed by atoms with E-state index in [1.165, 1.54) is 6.07 Å². The van der Waals surface area contributed by atoms with Crippen molar-refractivity contribution in [2.45, 2.75) is 6.92 Å². The zero-order valence-corrected chi connectivity index (χ0v) is 9.98. The third kappa shape index (κ3) is 2.66. The highest BCUT2D eigenvalue weighted by Gasteiger charge is 2.02. The molecule has 0 spiro atoms. The standard InChI is InChI=1S/C10H8BrN3O2/c1-6-13-9(15)3-10(14-6)16-8-2-7(11)4-12-5-8/h2-5H,1H3,(H,13,14,15). The number of ether oxygens (including phenoxy) is 1. The fourth-order valence-electron chi connectivity index (χ4n) is 1.17. The topological polar surface area (TPSA) is 67.9 Å². The molecule has 6 heteroatoms. The van der Waals surface area contributed by atoms with Gasteiger partial charge in [0.15, 0.2) is 0 Å². The number of H-pyrrole nitrogens is 1. The van der Waals surface area contributed by atoms with Crippen molar-refractivity contribution in [3.63, 3.8) is 0 Å². The fraction of sp³-hybridized carbons (Fsp3) is 0.100.